The number of aryl methyl sites for hydroxylation is 1. The van der Waals surface area contributed by atoms with E-state index in [2.05, 4.69) is 19.9 Å². The highest BCUT2D eigenvalue weighted by atomic mass is 35.5. The van der Waals surface area contributed by atoms with E-state index in [0.29, 0.717) is 16.6 Å². The molecule has 1 N–H and O–H groups in total. The number of halogens is 2. The van der Waals surface area contributed by atoms with Crippen LogP contribution in [-0.2, 0) is 6.54 Å². The highest BCUT2D eigenvalue weighted by Gasteiger charge is 2.17. The first-order valence-corrected chi connectivity index (χ1v) is 9.37. The normalized spacial score (nSPS) is 15.4. The summed E-state index contributed by atoms with van der Waals surface area (Å²) in [6.45, 7) is 5.29. The van der Waals surface area contributed by atoms with Gasteiger partial charge in [0.1, 0.15) is 6.20 Å². The highest BCUT2D eigenvalue weighted by molar-refractivity contribution is 6.35. The Morgan fingerprint density at radius 2 is 1.62 bits per heavy atom. The number of unbranched alkanes of at least 4 members (excludes halogenated alkanes) is 1. The second-order valence-corrected chi connectivity index (χ2v) is 7.20. The van der Waals surface area contributed by atoms with E-state index < -0.39 is 11.2 Å². The van der Waals surface area contributed by atoms with Gasteiger partial charge in [-0.3, -0.25) is 14.7 Å². The molecule has 0 amide bonds. The van der Waals surface area contributed by atoms with Gasteiger partial charge in [-0.25, -0.2) is 9.48 Å². The topological polar surface area (TPSA) is 74.2 Å². The summed E-state index contributed by atoms with van der Waals surface area (Å²) in [7, 11) is 0. The van der Waals surface area contributed by atoms with Gasteiger partial charge < -0.3 is 4.90 Å². The highest BCUT2D eigenvalue weighted by Crippen LogP contribution is 2.26. The molecule has 1 fully saturated rings. The molecule has 7 nitrogen and oxygen atoms in total. The van der Waals surface area contributed by atoms with Gasteiger partial charge in [0, 0.05) is 48.5 Å². The van der Waals surface area contributed by atoms with Crippen LogP contribution < -0.4 is 16.1 Å². The van der Waals surface area contributed by atoms with E-state index in [1.807, 2.05) is 12.1 Å². The van der Waals surface area contributed by atoms with Gasteiger partial charge in [0.05, 0.1) is 0 Å². The molecular weight excluding hydrogens is 377 g/mol. The number of rotatable bonds is 6. The van der Waals surface area contributed by atoms with E-state index in [-0.39, 0.29) is 0 Å². The average molecular weight is 398 g/mol. The van der Waals surface area contributed by atoms with E-state index in [1.54, 1.807) is 6.07 Å². The summed E-state index contributed by atoms with van der Waals surface area (Å²) in [5.74, 6) is 0. The van der Waals surface area contributed by atoms with Crippen molar-refractivity contribution in [3.63, 3.8) is 0 Å². The third-order valence-electron chi connectivity index (χ3n) is 4.46. The summed E-state index contributed by atoms with van der Waals surface area (Å²) in [6, 6.07) is 5.63. The van der Waals surface area contributed by atoms with Gasteiger partial charge in [-0.2, -0.15) is 5.10 Å². The zero-order valence-corrected chi connectivity index (χ0v) is 15.8. The van der Waals surface area contributed by atoms with Crippen LogP contribution in [0.5, 0.6) is 0 Å². The van der Waals surface area contributed by atoms with E-state index in [9.17, 15) is 9.59 Å². The lowest BCUT2D eigenvalue weighted by Gasteiger charge is -2.36. The molecule has 3 rings (SSSR count). The monoisotopic (exact) mass is 397 g/mol. The number of anilines is 1. The van der Waals surface area contributed by atoms with Crippen molar-refractivity contribution in [1.82, 2.24) is 19.7 Å². The Bertz CT molecular complexity index is 838. The fourth-order valence-electron chi connectivity index (χ4n) is 3.08. The van der Waals surface area contributed by atoms with Gasteiger partial charge in [0.25, 0.3) is 5.56 Å². The van der Waals surface area contributed by atoms with Crippen LogP contribution in [0.1, 0.15) is 12.8 Å². The van der Waals surface area contributed by atoms with Crippen LogP contribution >= 0.6 is 23.2 Å². The average Bonchev–Trinajstić information content (AvgIpc) is 2.60. The third-order valence-corrected chi connectivity index (χ3v) is 4.89. The zero-order chi connectivity index (χ0) is 18.5. The molecule has 1 aromatic carbocycles. The summed E-state index contributed by atoms with van der Waals surface area (Å²) in [4.78, 5) is 29.5. The molecule has 26 heavy (non-hydrogen) atoms. The molecule has 1 saturated heterocycles. The number of hydrogen-bond donors (Lipinski definition) is 1. The molecule has 0 bridgehead atoms. The lowest BCUT2D eigenvalue weighted by molar-refractivity contribution is 0.250. The Labute approximate surface area is 161 Å². The quantitative estimate of drug-likeness (QED) is 0.752. The molecule has 0 radical (unpaired) electrons. The number of aromatic nitrogens is 3. The Balaban J connectivity index is 1.41. The summed E-state index contributed by atoms with van der Waals surface area (Å²) >= 11 is 12.2. The number of aromatic amines is 1. The van der Waals surface area contributed by atoms with Crippen LogP contribution in [-0.4, -0.2) is 52.4 Å². The molecule has 1 aliphatic rings. The third kappa shape index (κ3) is 5.09. The van der Waals surface area contributed by atoms with Crippen LogP contribution in [0.3, 0.4) is 0 Å². The van der Waals surface area contributed by atoms with Crippen LogP contribution in [0.25, 0.3) is 0 Å². The van der Waals surface area contributed by atoms with Crippen molar-refractivity contribution in [3.8, 4) is 0 Å². The second-order valence-electron chi connectivity index (χ2n) is 6.33. The number of piperazine rings is 1. The van der Waals surface area contributed by atoms with Crippen molar-refractivity contribution in [2.45, 2.75) is 19.4 Å². The lowest BCUT2D eigenvalue weighted by Crippen LogP contribution is -2.46. The Hall–Kier alpha value is -1.83. The lowest BCUT2D eigenvalue weighted by atomic mass is 10.2. The molecule has 2 heterocycles. The maximum absolute atomic E-state index is 11.6. The first kappa shape index (κ1) is 18.9. The molecule has 0 unspecified atom stereocenters. The predicted octanol–water partition coefficient (Wildman–Crippen LogP) is 1.84. The maximum atomic E-state index is 11.6. The van der Waals surface area contributed by atoms with E-state index >= 15 is 0 Å². The SMILES string of the molecule is O=c1cnn(CCCCN2CCN(c3cc(Cl)cc(Cl)c3)CC2)c(=O)[nH]1. The van der Waals surface area contributed by atoms with Gasteiger partial charge in [-0.05, 0) is 37.6 Å². The molecule has 0 atom stereocenters. The summed E-state index contributed by atoms with van der Waals surface area (Å²) in [6.07, 6.45) is 2.93. The molecule has 1 aliphatic heterocycles. The minimum atomic E-state index is -0.467. The molecule has 9 heteroatoms. The van der Waals surface area contributed by atoms with Crippen molar-refractivity contribution in [2.75, 3.05) is 37.6 Å². The zero-order valence-electron chi connectivity index (χ0n) is 14.3. The van der Waals surface area contributed by atoms with E-state index in [1.165, 1.54) is 4.68 Å². The van der Waals surface area contributed by atoms with Crippen molar-refractivity contribution in [2.24, 2.45) is 0 Å². The van der Waals surface area contributed by atoms with Gasteiger partial charge in [-0.15, -0.1) is 0 Å². The smallest absolute Gasteiger partial charge is 0.344 e. The molecule has 0 spiro atoms. The van der Waals surface area contributed by atoms with Gasteiger partial charge in [0.15, 0.2) is 0 Å². The van der Waals surface area contributed by atoms with Crippen LogP contribution in [0.2, 0.25) is 10.0 Å². The molecule has 0 saturated carbocycles. The summed E-state index contributed by atoms with van der Waals surface area (Å²) in [5.41, 5.74) is 0.141. The first-order valence-electron chi connectivity index (χ1n) is 8.61. The fraction of sp³-hybridized carbons (Fsp3) is 0.471. The van der Waals surface area contributed by atoms with Gasteiger partial charge in [0.2, 0.25) is 0 Å². The number of nitrogens with one attached hydrogen (secondary N) is 1. The summed E-state index contributed by atoms with van der Waals surface area (Å²) in [5, 5.41) is 5.15. The summed E-state index contributed by atoms with van der Waals surface area (Å²) < 4.78 is 1.29. The van der Waals surface area contributed by atoms with E-state index in [4.69, 9.17) is 23.2 Å². The largest absolute Gasteiger partial charge is 0.369 e. The van der Waals surface area contributed by atoms with Crippen molar-refractivity contribution >= 4 is 28.9 Å². The molecule has 140 valence electrons. The molecule has 2 aromatic rings. The fourth-order valence-corrected chi connectivity index (χ4v) is 3.60. The number of nitrogens with zero attached hydrogens (tertiary/aromatic N) is 4. The van der Waals surface area contributed by atoms with Crippen molar-refractivity contribution in [1.29, 1.82) is 0 Å². The number of hydrogen-bond acceptors (Lipinski definition) is 5. The van der Waals surface area contributed by atoms with Crippen molar-refractivity contribution < 1.29 is 0 Å². The van der Waals surface area contributed by atoms with Crippen LogP contribution in [0.4, 0.5) is 5.69 Å². The Morgan fingerprint density at radius 1 is 0.962 bits per heavy atom. The standard InChI is InChI=1S/C17H21Cl2N5O2/c18-13-9-14(19)11-15(10-13)23-7-5-22(6-8-23)3-1-2-4-24-17(26)21-16(25)12-20-24/h9-12H,1-8H2,(H,21,25,26). The molecular formula is C17H21Cl2N5O2. The van der Waals surface area contributed by atoms with Crippen LogP contribution in [0, 0.1) is 0 Å². The predicted molar refractivity (Wildman–Crippen MR) is 103 cm³/mol. The van der Waals surface area contributed by atoms with Gasteiger partial charge >= 0.3 is 5.69 Å². The van der Waals surface area contributed by atoms with Crippen molar-refractivity contribution in [3.05, 3.63) is 55.3 Å². The molecule has 1 aromatic heterocycles. The minimum absolute atomic E-state index is 0.453. The number of H-pyrrole nitrogens is 1. The number of benzene rings is 1. The Morgan fingerprint density at radius 3 is 2.27 bits per heavy atom. The van der Waals surface area contributed by atoms with E-state index in [0.717, 1.165) is 57.4 Å². The molecule has 0 aliphatic carbocycles. The first-order chi connectivity index (χ1) is 12.5. The van der Waals surface area contributed by atoms with Crippen LogP contribution in [0.15, 0.2) is 34.0 Å². The second kappa shape index (κ2) is 8.70. The van der Waals surface area contributed by atoms with Gasteiger partial charge in [-0.1, -0.05) is 23.2 Å². The maximum Gasteiger partial charge on any atom is 0.344 e. The minimum Gasteiger partial charge on any atom is -0.369 e. The Kier molecular flexibility index (Phi) is 6.34.